The maximum absolute atomic E-state index is 5.97. The van der Waals surface area contributed by atoms with Crippen molar-refractivity contribution < 1.29 is 4.74 Å². The standard InChI is InChI=1S/C16H26N4O/c1-3-14(20-10-4-5-11-20)12-18-16(17)19-13-6-8-15(21-2)9-7-13/h6-9,14H,3-5,10-12H2,1-2H3,(H3,17,18,19). The number of nitrogens with zero attached hydrogens (tertiary/aromatic N) is 2. The van der Waals surface area contributed by atoms with Crippen LogP contribution in [0.15, 0.2) is 29.3 Å². The summed E-state index contributed by atoms with van der Waals surface area (Å²) in [6.45, 7) is 5.36. The highest BCUT2D eigenvalue weighted by Gasteiger charge is 2.19. The van der Waals surface area contributed by atoms with Gasteiger partial charge in [0.05, 0.1) is 13.7 Å². The van der Waals surface area contributed by atoms with Gasteiger partial charge in [-0.3, -0.25) is 9.89 Å². The summed E-state index contributed by atoms with van der Waals surface area (Å²) in [4.78, 5) is 7.01. The van der Waals surface area contributed by atoms with Gasteiger partial charge >= 0.3 is 0 Å². The van der Waals surface area contributed by atoms with E-state index in [1.807, 2.05) is 24.3 Å². The molecule has 3 N–H and O–H groups in total. The third kappa shape index (κ3) is 4.63. The fourth-order valence-corrected chi connectivity index (χ4v) is 2.67. The topological polar surface area (TPSA) is 62.9 Å². The van der Waals surface area contributed by atoms with Gasteiger partial charge in [0.1, 0.15) is 5.75 Å². The Hall–Kier alpha value is -1.75. The van der Waals surface area contributed by atoms with E-state index >= 15 is 0 Å². The van der Waals surface area contributed by atoms with Crippen LogP contribution in [0.5, 0.6) is 5.75 Å². The van der Waals surface area contributed by atoms with Gasteiger partial charge in [0, 0.05) is 11.7 Å². The first-order valence-corrected chi connectivity index (χ1v) is 7.68. The van der Waals surface area contributed by atoms with Crippen molar-refractivity contribution in [2.75, 3.05) is 32.1 Å². The molecule has 5 heteroatoms. The third-order valence-corrected chi connectivity index (χ3v) is 3.96. The van der Waals surface area contributed by atoms with E-state index < -0.39 is 0 Å². The van der Waals surface area contributed by atoms with Crippen molar-refractivity contribution in [3.63, 3.8) is 0 Å². The first kappa shape index (κ1) is 15.6. The summed E-state index contributed by atoms with van der Waals surface area (Å²) in [5.41, 5.74) is 6.89. The highest BCUT2D eigenvalue weighted by Crippen LogP contribution is 2.16. The second-order valence-electron chi connectivity index (χ2n) is 5.38. The average molecular weight is 290 g/mol. The van der Waals surface area contributed by atoms with E-state index in [9.17, 15) is 0 Å². The summed E-state index contributed by atoms with van der Waals surface area (Å²) in [6, 6.07) is 8.16. The average Bonchev–Trinajstić information content (AvgIpc) is 3.03. The van der Waals surface area contributed by atoms with Gasteiger partial charge < -0.3 is 15.8 Å². The zero-order chi connectivity index (χ0) is 15.1. The molecular formula is C16H26N4O. The van der Waals surface area contributed by atoms with E-state index in [0.717, 1.165) is 24.4 Å². The van der Waals surface area contributed by atoms with Gasteiger partial charge in [-0.15, -0.1) is 0 Å². The normalized spacial score (nSPS) is 17.7. The van der Waals surface area contributed by atoms with Gasteiger partial charge in [0.25, 0.3) is 0 Å². The van der Waals surface area contributed by atoms with Crippen LogP contribution in [0.25, 0.3) is 0 Å². The van der Waals surface area contributed by atoms with Crippen LogP contribution in [0.3, 0.4) is 0 Å². The quantitative estimate of drug-likeness (QED) is 0.623. The molecule has 1 aromatic carbocycles. The van der Waals surface area contributed by atoms with Gasteiger partial charge in [-0.2, -0.15) is 0 Å². The van der Waals surface area contributed by atoms with Crippen molar-refractivity contribution >= 4 is 11.6 Å². The highest BCUT2D eigenvalue weighted by molar-refractivity contribution is 5.92. The van der Waals surface area contributed by atoms with Crippen molar-refractivity contribution in [3.05, 3.63) is 24.3 Å². The Balaban J connectivity index is 1.87. The second-order valence-corrected chi connectivity index (χ2v) is 5.38. The largest absolute Gasteiger partial charge is 0.497 e. The van der Waals surface area contributed by atoms with E-state index in [2.05, 4.69) is 22.1 Å². The smallest absolute Gasteiger partial charge is 0.193 e. The number of nitrogens with one attached hydrogen (secondary N) is 1. The van der Waals surface area contributed by atoms with Crippen LogP contribution in [0, 0.1) is 0 Å². The van der Waals surface area contributed by atoms with Crippen molar-refractivity contribution in [1.82, 2.24) is 4.90 Å². The number of hydrogen-bond acceptors (Lipinski definition) is 3. The summed E-state index contributed by atoms with van der Waals surface area (Å²) in [7, 11) is 1.65. The van der Waals surface area contributed by atoms with Crippen molar-refractivity contribution in [3.8, 4) is 5.75 Å². The molecule has 116 valence electrons. The molecule has 1 unspecified atom stereocenters. The van der Waals surface area contributed by atoms with E-state index in [1.54, 1.807) is 7.11 Å². The molecule has 1 fully saturated rings. The maximum atomic E-state index is 5.97. The summed E-state index contributed by atoms with van der Waals surface area (Å²) < 4.78 is 5.13. The molecule has 2 rings (SSSR count). The predicted molar refractivity (Wildman–Crippen MR) is 88.0 cm³/mol. The maximum Gasteiger partial charge on any atom is 0.193 e. The molecule has 5 nitrogen and oxygen atoms in total. The van der Waals surface area contributed by atoms with Crippen molar-refractivity contribution in [1.29, 1.82) is 0 Å². The minimum Gasteiger partial charge on any atom is -0.497 e. The molecule has 1 atom stereocenters. The van der Waals surface area contributed by atoms with E-state index in [1.165, 1.54) is 25.9 Å². The molecule has 1 aliphatic rings. The van der Waals surface area contributed by atoms with Gasteiger partial charge in [-0.25, -0.2) is 0 Å². The summed E-state index contributed by atoms with van der Waals surface area (Å²) in [5.74, 6) is 1.30. The van der Waals surface area contributed by atoms with E-state index in [-0.39, 0.29) is 0 Å². The van der Waals surface area contributed by atoms with Crippen LogP contribution < -0.4 is 15.8 Å². The fraction of sp³-hybridized carbons (Fsp3) is 0.562. The number of rotatable bonds is 6. The Bertz CT molecular complexity index is 452. The molecule has 0 aliphatic carbocycles. The minimum absolute atomic E-state index is 0.470. The molecule has 0 bridgehead atoms. The van der Waals surface area contributed by atoms with Crippen LogP contribution in [0.1, 0.15) is 26.2 Å². The number of methoxy groups -OCH3 is 1. The minimum atomic E-state index is 0.470. The zero-order valence-corrected chi connectivity index (χ0v) is 13.0. The molecular weight excluding hydrogens is 264 g/mol. The lowest BCUT2D eigenvalue weighted by Crippen LogP contribution is -2.35. The molecule has 1 saturated heterocycles. The summed E-state index contributed by atoms with van der Waals surface area (Å²) in [5, 5.41) is 3.12. The number of aliphatic imine (C=N–C) groups is 1. The summed E-state index contributed by atoms with van der Waals surface area (Å²) >= 11 is 0. The number of nitrogens with two attached hydrogens (primary N) is 1. The first-order chi connectivity index (χ1) is 10.2. The number of benzene rings is 1. The number of ether oxygens (including phenoxy) is 1. The Morgan fingerprint density at radius 3 is 2.57 bits per heavy atom. The van der Waals surface area contributed by atoms with Gasteiger partial charge in [0.15, 0.2) is 5.96 Å². The SMILES string of the molecule is CCC(CN=C(N)Nc1ccc(OC)cc1)N1CCCC1. The van der Waals surface area contributed by atoms with Gasteiger partial charge in [-0.05, 0) is 56.6 Å². The molecule has 0 saturated carbocycles. The lowest BCUT2D eigenvalue weighted by Gasteiger charge is -2.24. The molecule has 0 radical (unpaired) electrons. The fourth-order valence-electron chi connectivity index (χ4n) is 2.67. The molecule has 1 aliphatic heterocycles. The molecule has 21 heavy (non-hydrogen) atoms. The Morgan fingerprint density at radius 1 is 1.33 bits per heavy atom. The highest BCUT2D eigenvalue weighted by atomic mass is 16.5. The van der Waals surface area contributed by atoms with Gasteiger partial charge in [0.2, 0.25) is 0 Å². The lowest BCUT2D eigenvalue weighted by molar-refractivity contribution is 0.242. The van der Waals surface area contributed by atoms with Crippen LogP contribution in [0.2, 0.25) is 0 Å². The number of anilines is 1. The zero-order valence-electron chi connectivity index (χ0n) is 13.0. The summed E-state index contributed by atoms with van der Waals surface area (Å²) in [6.07, 6.45) is 3.72. The molecule has 0 amide bonds. The molecule has 0 spiro atoms. The Morgan fingerprint density at radius 2 is 2.00 bits per heavy atom. The predicted octanol–water partition coefficient (Wildman–Crippen LogP) is 2.30. The Labute approximate surface area is 127 Å². The van der Waals surface area contributed by atoms with Crippen LogP contribution in [0.4, 0.5) is 5.69 Å². The first-order valence-electron chi connectivity index (χ1n) is 7.68. The molecule has 1 aromatic rings. The third-order valence-electron chi connectivity index (χ3n) is 3.96. The monoisotopic (exact) mass is 290 g/mol. The van der Waals surface area contributed by atoms with Crippen molar-refractivity contribution in [2.24, 2.45) is 10.7 Å². The molecule has 0 aromatic heterocycles. The Kier molecular flexibility index (Phi) is 5.87. The van der Waals surface area contributed by atoms with Crippen LogP contribution in [-0.2, 0) is 0 Å². The van der Waals surface area contributed by atoms with Crippen LogP contribution in [-0.4, -0.2) is 43.6 Å². The van der Waals surface area contributed by atoms with Gasteiger partial charge in [-0.1, -0.05) is 6.92 Å². The second kappa shape index (κ2) is 7.88. The van der Waals surface area contributed by atoms with E-state index in [4.69, 9.17) is 10.5 Å². The number of guanidine groups is 1. The lowest BCUT2D eigenvalue weighted by atomic mass is 10.2. The van der Waals surface area contributed by atoms with E-state index in [0.29, 0.717) is 12.0 Å². The molecule has 1 heterocycles. The number of likely N-dealkylation sites (tertiary alicyclic amines) is 1. The van der Waals surface area contributed by atoms with Crippen LogP contribution >= 0.6 is 0 Å². The number of hydrogen-bond donors (Lipinski definition) is 2. The van der Waals surface area contributed by atoms with Crippen molar-refractivity contribution in [2.45, 2.75) is 32.2 Å².